The van der Waals surface area contributed by atoms with Crippen molar-refractivity contribution in [3.05, 3.63) is 12.2 Å². The Morgan fingerprint density at radius 3 is 2.21 bits per heavy atom. The summed E-state index contributed by atoms with van der Waals surface area (Å²) in [5, 5.41) is 0. The Bertz CT molecular complexity index is 170. The summed E-state index contributed by atoms with van der Waals surface area (Å²) in [6.07, 6.45) is 13.7. The highest BCUT2D eigenvalue weighted by Crippen LogP contribution is 2.26. The topological polar surface area (TPSA) is 0 Å². The van der Waals surface area contributed by atoms with Crippen LogP contribution in [0.25, 0.3) is 0 Å². The van der Waals surface area contributed by atoms with E-state index in [4.69, 9.17) is 0 Å². The van der Waals surface area contributed by atoms with Crippen molar-refractivity contribution in [1.82, 2.24) is 0 Å². The first kappa shape index (κ1) is 12.0. The Kier molecular flexibility index (Phi) is 4.94. The van der Waals surface area contributed by atoms with Crippen LogP contribution < -0.4 is 0 Å². The van der Waals surface area contributed by atoms with Crippen molar-refractivity contribution in [3.8, 4) is 0 Å². The molecule has 0 bridgehead atoms. The van der Waals surface area contributed by atoms with E-state index in [2.05, 4.69) is 31.8 Å². The summed E-state index contributed by atoms with van der Waals surface area (Å²) >= 11 is 0. The van der Waals surface area contributed by atoms with Crippen LogP contribution in [0.5, 0.6) is 0 Å². The van der Waals surface area contributed by atoms with Gasteiger partial charge in [-0.1, -0.05) is 63.9 Å². The molecule has 14 heavy (non-hydrogen) atoms. The van der Waals surface area contributed by atoms with Crippen LogP contribution in [-0.2, 0) is 0 Å². The van der Waals surface area contributed by atoms with Gasteiger partial charge in [0.05, 0.1) is 0 Å². The molecule has 0 nitrogen and oxygen atoms in total. The van der Waals surface area contributed by atoms with Crippen molar-refractivity contribution in [3.63, 3.8) is 0 Å². The maximum absolute atomic E-state index is 2.45. The quantitative estimate of drug-likeness (QED) is 0.459. The summed E-state index contributed by atoms with van der Waals surface area (Å²) in [5.74, 6) is 1.02. The van der Waals surface area contributed by atoms with Crippen LogP contribution in [0, 0.1) is 5.92 Å². The molecule has 1 fully saturated rings. The Hall–Kier alpha value is -0.0431. The smallest absolute Gasteiger partial charge is 0.0480 e. The normalized spacial score (nSPS) is 20.5. The maximum Gasteiger partial charge on any atom is 0.0480 e. The van der Waals surface area contributed by atoms with E-state index in [0.29, 0.717) is 0 Å². The fourth-order valence-corrected chi connectivity index (χ4v) is 3.02. The second-order valence-corrected chi connectivity index (χ2v) is 11.5. The monoisotopic (exact) mass is 210 g/mol. The van der Waals surface area contributed by atoms with E-state index in [0.717, 1.165) is 5.92 Å². The number of hydrogen-bond donors (Lipinski definition) is 0. The molecule has 0 saturated heterocycles. The molecule has 0 aromatic carbocycles. The average molecular weight is 210 g/mol. The molecule has 1 heteroatoms. The fraction of sp³-hybridized carbons (Fsp3) is 0.846. The van der Waals surface area contributed by atoms with Crippen LogP contribution in [0.3, 0.4) is 0 Å². The van der Waals surface area contributed by atoms with Gasteiger partial charge in [0.15, 0.2) is 0 Å². The molecule has 0 unspecified atom stereocenters. The SMILES string of the molecule is C[Si](C)(C)CC=CCC1CCCCC1. The predicted molar refractivity (Wildman–Crippen MR) is 68.5 cm³/mol. The van der Waals surface area contributed by atoms with E-state index in [9.17, 15) is 0 Å². The van der Waals surface area contributed by atoms with Crippen LogP contribution in [-0.4, -0.2) is 8.07 Å². The van der Waals surface area contributed by atoms with Crippen molar-refractivity contribution >= 4 is 8.07 Å². The van der Waals surface area contributed by atoms with E-state index in [-0.39, 0.29) is 0 Å². The first-order valence-electron chi connectivity index (χ1n) is 6.23. The Labute approximate surface area is 90.8 Å². The standard InChI is InChI=1S/C13H26Si/c1-14(2,3)12-8-7-11-13-9-5-4-6-10-13/h7-8,13H,4-6,9-12H2,1-3H3. The van der Waals surface area contributed by atoms with Gasteiger partial charge in [-0.15, -0.1) is 0 Å². The third kappa shape index (κ3) is 5.64. The third-order valence-corrected chi connectivity index (χ3v) is 4.55. The molecule has 0 aromatic rings. The third-order valence-electron chi connectivity index (χ3n) is 3.09. The van der Waals surface area contributed by atoms with E-state index >= 15 is 0 Å². The van der Waals surface area contributed by atoms with Gasteiger partial charge in [0.1, 0.15) is 0 Å². The molecule has 0 aromatic heterocycles. The van der Waals surface area contributed by atoms with Gasteiger partial charge in [-0.2, -0.15) is 0 Å². The summed E-state index contributed by atoms with van der Waals surface area (Å²) in [4.78, 5) is 0. The lowest BCUT2D eigenvalue weighted by molar-refractivity contribution is 0.361. The first-order chi connectivity index (χ1) is 6.58. The second-order valence-electron chi connectivity index (χ2n) is 5.98. The molecule has 1 aliphatic carbocycles. The molecule has 0 radical (unpaired) electrons. The Morgan fingerprint density at radius 1 is 1.00 bits per heavy atom. The van der Waals surface area contributed by atoms with Gasteiger partial charge in [-0.25, -0.2) is 0 Å². The lowest BCUT2D eigenvalue weighted by atomic mass is 9.87. The molecule has 0 amide bonds. The molecular formula is C13H26Si. The minimum absolute atomic E-state index is 0.831. The fourth-order valence-electron chi connectivity index (χ4n) is 2.15. The number of allylic oxidation sites excluding steroid dienone is 2. The summed E-state index contributed by atoms with van der Waals surface area (Å²) in [7, 11) is -0.831. The van der Waals surface area contributed by atoms with Crippen LogP contribution in [0.15, 0.2) is 12.2 Å². The van der Waals surface area contributed by atoms with Crippen LogP contribution >= 0.6 is 0 Å². The summed E-state index contributed by atoms with van der Waals surface area (Å²) in [6.45, 7) is 7.33. The summed E-state index contributed by atoms with van der Waals surface area (Å²) in [5.41, 5.74) is 0. The lowest BCUT2D eigenvalue weighted by Crippen LogP contribution is -2.17. The highest BCUT2D eigenvalue weighted by Gasteiger charge is 2.12. The summed E-state index contributed by atoms with van der Waals surface area (Å²) < 4.78 is 0. The van der Waals surface area contributed by atoms with Crippen molar-refractivity contribution in [2.75, 3.05) is 0 Å². The highest BCUT2D eigenvalue weighted by molar-refractivity contribution is 6.76. The molecule has 0 heterocycles. The van der Waals surface area contributed by atoms with Crippen molar-refractivity contribution < 1.29 is 0 Å². The molecule has 0 atom stereocenters. The zero-order chi connectivity index (χ0) is 10.4. The Morgan fingerprint density at radius 2 is 1.64 bits per heavy atom. The zero-order valence-corrected chi connectivity index (χ0v) is 11.2. The largest absolute Gasteiger partial charge is 0.0912 e. The van der Waals surface area contributed by atoms with Crippen LogP contribution in [0.2, 0.25) is 25.7 Å². The predicted octanol–water partition coefficient (Wildman–Crippen LogP) is 4.85. The van der Waals surface area contributed by atoms with E-state index in [1.807, 2.05) is 0 Å². The molecule has 1 saturated carbocycles. The molecule has 82 valence electrons. The van der Waals surface area contributed by atoms with Crippen molar-refractivity contribution in [1.29, 1.82) is 0 Å². The highest BCUT2D eigenvalue weighted by atomic mass is 28.3. The zero-order valence-electron chi connectivity index (χ0n) is 10.2. The van der Waals surface area contributed by atoms with E-state index < -0.39 is 8.07 Å². The van der Waals surface area contributed by atoms with Gasteiger partial charge < -0.3 is 0 Å². The lowest BCUT2D eigenvalue weighted by Gasteiger charge is -2.20. The molecule has 1 rings (SSSR count). The molecule has 1 aliphatic rings. The second kappa shape index (κ2) is 5.74. The van der Waals surface area contributed by atoms with Crippen molar-refractivity contribution in [2.45, 2.75) is 64.2 Å². The van der Waals surface area contributed by atoms with E-state index in [1.54, 1.807) is 0 Å². The van der Waals surface area contributed by atoms with Crippen LogP contribution in [0.4, 0.5) is 0 Å². The average Bonchev–Trinajstić information content (AvgIpc) is 2.13. The van der Waals surface area contributed by atoms with Gasteiger partial charge >= 0.3 is 0 Å². The minimum Gasteiger partial charge on any atom is -0.0912 e. The summed E-state index contributed by atoms with van der Waals surface area (Å²) in [6, 6.07) is 1.36. The van der Waals surface area contributed by atoms with Gasteiger partial charge in [-0.05, 0) is 18.4 Å². The minimum atomic E-state index is -0.831. The van der Waals surface area contributed by atoms with Gasteiger partial charge in [0.25, 0.3) is 0 Å². The van der Waals surface area contributed by atoms with Gasteiger partial charge in [0.2, 0.25) is 0 Å². The van der Waals surface area contributed by atoms with E-state index in [1.165, 1.54) is 44.6 Å². The first-order valence-corrected chi connectivity index (χ1v) is 9.94. The van der Waals surface area contributed by atoms with Crippen molar-refractivity contribution in [2.24, 2.45) is 5.92 Å². The van der Waals surface area contributed by atoms with Gasteiger partial charge in [-0.3, -0.25) is 0 Å². The maximum atomic E-state index is 2.45. The van der Waals surface area contributed by atoms with Gasteiger partial charge in [0, 0.05) is 8.07 Å². The molecular weight excluding hydrogens is 184 g/mol. The number of rotatable bonds is 4. The number of hydrogen-bond acceptors (Lipinski definition) is 0. The molecule has 0 N–H and O–H groups in total. The Balaban J connectivity index is 2.12. The van der Waals surface area contributed by atoms with Crippen LogP contribution in [0.1, 0.15) is 38.5 Å². The molecule has 0 spiro atoms. The molecule has 0 aliphatic heterocycles.